The van der Waals surface area contributed by atoms with E-state index in [2.05, 4.69) is 30.7 Å². The molecule has 18 heavy (non-hydrogen) atoms. The molecule has 4 heteroatoms. The molecule has 4 rings (SSSR count). The van der Waals surface area contributed by atoms with Gasteiger partial charge in [-0.1, -0.05) is 22.4 Å². The molecule has 3 unspecified atom stereocenters. The third-order valence-electron chi connectivity index (χ3n) is 5.20. The number of fused-ring (bicyclic) bond motifs is 2. The van der Waals surface area contributed by atoms with Crippen LogP contribution in [0.3, 0.4) is 0 Å². The van der Waals surface area contributed by atoms with Crippen LogP contribution in [0.2, 0.25) is 0 Å². The van der Waals surface area contributed by atoms with Crippen LogP contribution < -0.4 is 0 Å². The molecular weight excluding hydrogens is 290 g/mol. The van der Waals surface area contributed by atoms with Crippen LogP contribution in [0.5, 0.6) is 0 Å². The van der Waals surface area contributed by atoms with Gasteiger partial charge in [-0.2, -0.15) is 0 Å². The molecule has 2 bridgehead atoms. The smallest absolute Gasteiger partial charge is 0.143 e. The highest BCUT2D eigenvalue weighted by Crippen LogP contribution is 2.49. The fourth-order valence-electron chi connectivity index (χ4n) is 4.21. The summed E-state index contributed by atoms with van der Waals surface area (Å²) in [6.07, 6.45) is 9.72. The van der Waals surface area contributed by atoms with Gasteiger partial charge in [0.15, 0.2) is 0 Å². The summed E-state index contributed by atoms with van der Waals surface area (Å²) in [4.78, 5) is 0. The minimum absolute atomic E-state index is 0.709. The molecule has 3 fully saturated rings. The molecule has 0 spiro atoms. The van der Waals surface area contributed by atoms with Crippen molar-refractivity contribution in [3.05, 3.63) is 11.6 Å². The predicted octanol–water partition coefficient (Wildman–Crippen LogP) is 3.49. The Hall–Kier alpha value is -0.380. The summed E-state index contributed by atoms with van der Waals surface area (Å²) >= 11 is 3.54. The Morgan fingerprint density at radius 1 is 1.06 bits per heavy atom. The van der Waals surface area contributed by atoms with Gasteiger partial charge in [0.05, 0.1) is 5.33 Å². The van der Waals surface area contributed by atoms with E-state index in [1.807, 2.05) is 0 Å². The summed E-state index contributed by atoms with van der Waals surface area (Å²) in [5.74, 6) is 5.33. The van der Waals surface area contributed by atoms with Crippen molar-refractivity contribution >= 4 is 15.9 Å². The first kappa shape index (κ1) is 11.4. The Kier molecular flexibility index (Phi) is 2.75. The number of nitrogens with zero attached hydrogens (tertiary/aromatic N) is 3. The van der Waals surface area contributed by atoms with Gasteiger partial charge in [0.25, 0.3) is 0 Å². The second-order valence-electron chi connectivity index (χ2n) is 6.41. The van der Waals surface area contributed by atoms with Crippen LogP contribution in [0.1, 0.15) is 56.2 Å². The zero-order valence-corrected chi connectivity index (χ0v) is 12.3. The maximum atomic E-state index is 4.48. The number of halogens is 1. The van der Waals surface area contributed by atoms with Crippen LogP contribution in [0.25, 0.3) is 0 Å². The first-order valence-corrected chi connectivity index (χ1v) is 8.46. The van der Waals surface area contributed by atoms with Crippen LogP contribution >= 0.6 is 15.9 Å². The Labute approximate surface area is 116 Å². The third-order valence-corrected chi connectivity index (χ3v) is 5.70. The van der Waals surface area contributed by atoms with E-state index in [0.29, 0.717) is 6.04 Å². The van der Waals surface area contributed by atoms with E-state index in [4.69, 9.17) is 0 Å². The fourth-order valence-corrected chi connectivity index (χ4v) is 4.59. The van der Waals surface area contributed by atoms with Crippen molar-refractivity contribution in [2.45, 2.75) is 56.3 Å². The summed E-state index contributed by atoms with van der Waals surface area (Å²) in [5, 5.41) is 9.68. The van der Waals surface area contributed by atoms with Gasteiger partial charge in [0, 0.05) is 12.5 Å². The monoisotopic (exact) mass is 309 g/mol. The molecule has 0 aliphatic heterocycles. The second-order valence-corrected chi connectivity index (χ2v) is 6.97. The molecule has 1 aromatic rings. The fraction of sp³-hybridized carbons (Fsp3) is 0.857. The zero-order valence-electron chi connectivity index (χ0n) is 10.7. The van der Waals surface area contributed by atoms with Gasteiger partial charge in [0.2, 0.25) is 0 Å². The van der Waals surface area contributed by atoms with Gasteiger partial charge in [-0.25, -0.2) is 0 Å². The lowest BCUT2D eigenvalue weighted by Crippen LogP contribution is -2.16. The normalized spacial score (nSPS) is 34.4. The van der Waals surface area contributed by atoms with Crippen LogP contribution in [0.15, 0.2) is 0 Å². The van der Waals surface area contributed by atoms with Gasteiger partial charge < -0.3 is 4.57 Å². The van der Waals surface area contributed by atoms with Crippen molar-refractivity contribution in [3.63, 3.8) is 0 Å². The van der Waals surface area contributed by atoms with Crippen molar-refractivity contribution in [1.82, 2.24) is 14.8 Å². The quantitative estimate of drug-likeness (QED) is 0.797. The topological polar surface area (TPSA) is 30.7 Å². The van der Waals surface area contributed by atoms with E-state index >= 15 is 0 Å². The Morgan fingerprint density at radius 2 is 1.89 bits per heavy atom. The molecule has 1 heterocycles. The molecular formula is C14H20BrN3. The highest BCUT2D eigenvalue weighted by atomic mass is 79.9. The van der Waals surface area contributed by atoms with Crippen molar-refractivity contribution in [2.24, 2.45) is 17.8 Å². The summed E-state index contributed by atoms with van der Waals surface area (Å²) in [6, 6.07) is 0.709. The first-order valence-electron chi connectivity index (χ1n) is 7.33. The Bertz CT molecular complexity index is 452. The van der Waals surface area contributed by atoms with Crippen molar-refractivity contribution in [1.29, 1.82) is 0 Å². The van der Waals surface area contributed by atoms with E-state index in [0.717, 1.165) is 28.9 Å². The Morgan fingerprint density at radius 3 is 2.50 bits per heavy atom. The maximum absolute atomic E-state index is 4.48. The SMILES string of the molecule is BrCc1nnc(CC2CC3CCC2C3)n1C1CC1. The highest BCUT2D eigenvalue weighted by molar-refractivity contribution is 9.08. The van der Waals surface area contributed by atoms with Crippen LogP contribution in [0.4, 0.5) is 0 Å². The number of rotatable bonds is 4. The molecule has 0 radical (unpaired) electrons. The lowest BCUT2D eigenvalue weighted by Gasteiger charge is -2.21. The summed E-state index contributed by atoms with van der Waals surface area (Å²) < 4.78 is 2.43. The lowest BCUT2D eigenvalue weighted by molar-refractivity contribution is 0.323. The molecule has 0 aromatic carbocycles. The van der Waals surface area contributed by atoms with E-state index < -0.39 is 0 Å². The molecule has 1 aromatic heterocycles. The first-order chi connectivity index (χ1) is 8.85. The van der Waals surface area contributed by atoms with Crippen molar-refractivity contribution in [2.75, 3.05) is 0 Å². The molecule has 0 saturated heterocycles. The predicted molar refractivity (Wildman–Crippen MR) is 73.6 cm³/mol. The van der Waals surface area contributed by atoms with Crippen LogP contribution in [-0.2, 0) is 11.8 Å². The van der Waals surface area contributed by atoms with Gasteiger partial charge in [0.1, 0.15) is 11.6 Å². The second kappa shape index (κ2) is 4.32. The number of hydrogen-bond donors (Lipinski definition) is 0. The minimum Gasteiger partial charge on any atom is -0.311 e. The molecule has 3 atom stereocenters. The average molecular weight is 310 g/mol. The molecule has 3 saturated carbocycles. The highest BCUT2D eigenvalue weighted by Gasteiger charge is 2.40. The van der Waals surface area contributed by atoms with E-state index in [1.165, 1.54) is 50.8 Å². The van der Waals surface area contributed by atoms with Gasteiger partial charge >= 0.3 is 0 Å². The van der Waals surface area contributed by atoms with E-state index in [9.17, 15) is 0 Å². The number of aromatic nitrogens is 3. The number of alkyl halides is 1. The summed E-state index contributed by atoms with van der Waals surface area (Å²) in [7, 11) is 0. The summed E-state index contributed by atoms with van der Waals surface area (Å²) in [5.41, 5.74) is 0. The van der Waals surface area contributed by atoms with Gasteiger partial charge in [-0.05, 0) is 49.9 Å². The van der Waals surface area contributed by atoms with Crippen LogP contribution in [0, 0.1) is 17.8 Å². The molecule has 0 N–H and O–H groups in total. The largest absolute Gasteiger partial charge is 0.311 e. The van der Waals surface area contributed by atoms with E-state index in [1.54, 1.807) is 0 Å². The molecule has 3 aliphatic rings. The lowest BCUT2D eigenvalue weighted by atomic mass is 9.86. The summed E-state index contributed by atoms with van der Waals surface area (Å²) in [6.45, 7) is 0. The molecule has 3 nitrogen and oxygen atoms in total. The minimum atomic E-state index is 0.709. The van der Waals surface area contributed by atoms with Crippen molar-refractivity contribution in [3.8, 4) is 0 Å². The van der Waals surface area contributed by atoms with E-state index in [-0.39, 0.29) is 0 Å². The average Bonchev–Trinajstić information content (AvgIpc) is 2.85. The Balaban J connectivity index is 1.56. The zero-order chi connectivity index (χ0) is 12.1. The van der Waals surface area contributed by atoms with Crippen molar-refractivity contribution < 1.29 is 0 Å². The van der Waals surface area contributed by atoms with Gasteiger partial charge in [-0.15, -0.1) is 10.2 Å². The molecule has 98 valence electrons. The van der Waals surface area contributed by atoms with Gasteiger partial charge in [-0.3, -0.25) is 0 Å². The number of hydrogen-bond acceptors (Lipinski definition) is 2. The third kappa shape index (κ3) is 1.84. The molecule has 3 aliphatic carbocycles. The maximum Gasteiger partial charge on any atom is 0.143 e. The standard InChI is InChI=1S/C14H20BrN3/c15-8-14-17-16-13(18(14)12-3-4-12)7-11-6-9-1-2-10(11)5-9/h9-12H,1-8H2. The van der Waals surface area contributed by atoms with Crippen LogP contribution in [-0.4, -0.2) is 14.8 Å². The molecule has 0 amide bonds.